The molecule has 0 aromatic heterocycles. The molecule has 0 atom stereocenters. The van der Waals surface area contributed by atoms with Crippen LogP contribution in [-0.4, -0.2) is 25.8 Å². The van der Waals surface area contributed by atoms with E-state index < -0.39 is 0 Å². The second-order valence-corrected chi connectivity index (χ2v) is 5.95. The molecule has 138 valence electrons. The smallest absolute Gasteiger partial charge is 0.244 e. The molecule has 27 heavy (non-hydrogen) atoms. The molecular weight excluding hydrogens is 340 g/mol. The van der Waals surface area contributed by atoms with Crippen molar-refractivity contribution in [3.8, 4) is 11.5 Å². The second-order valence-electron chi connectivity index (χ2n) is 5.95. The van der Waals surface area contributed by atoms with Crippen molar-refractivity contribution in [2.75, 3.05) is 13.7 Å². The molecular formula is C22H22N2O3. The number of rotatable bonds is 7. The third kappa shape index (κ3) is 4.64. The molecule has 0 aliphatic rings. The van der Waals surface area contributed by atoms with Crippen LogP contribution in [0.1, 0.15) is 18.1 Å². The van der Waals surface area contributed by atoms with Crippen molar-refractivity contribution in [1.82, 2.24) is 5.43 Å². The molecule has 0 spiro atoms. The van der Waals surface area contributed by atoms with E-state index in [1.807, 2.05) is 67.6 Å². The van der Waals surface area contributed by atoms with Gasteiger partial charge in [0.1, 0.15) is 11.5 Å². The molecule has 3 rings (SSSR count). The number of nitrogens with one attached hydrogen (secondary N) is 1. The van der Waals surface area contributed by atoms with E-state index in [0.29, 0.717) is 6.61 Å². The number of ether oxygens (including phenoxy) is 2. The number of carbonyl (C=O) groups is 1. The highest BCUT2D eigenvalue weighted by molar-refractivity contribution is 6.02. The molecule has 1 N–H and O–H groups in total. The topological polar surface area (TPSA) is 59.9 Å². The first-order chi connectivity index (χ1) is 13.2. The zero-order valence-corrected chi connectivity index (χ0v) is 15.4. The quantitative estimate of drug-likeness (QED) is 0.512. The molecule has 0 aliphatic carbocycles. The van der Waals surface area contributed by atoms with Crippen LogP contribution in [-0.2, 0) is 11.2 Å². The number of hydrazone groups is 1. The first kappa shape index (κ1) is 18.5. The number of nitrogens with zero attached hydrogens (tertiary/aromatic N) is 1. The summed E-state index contributed by atoms with van der Waals surface area (Å²) >= 11 is 0. The first-order valence-electron chi connectivity index (χ1n) is 8.80. The van der Waals surface area contributed by atoms with Gasteiger partial charge in [-0.2, -0.15) is 5.10 Å². The lowest BCUT2D eigenvalue weighted by Gasteiger charge is -2.10. The van der Waals surface area contributed by atoms with Crippen LogP contribution < -0.4 is 14.9 Å². The monoisotopic (exact) mass is 362 g/mol. The molecule has 0 unspecified atom stereocenters. The molecule has 0 heterocycles. The highest BCUT2D eigenvalue weighted by Crippen LogP contribution is 2.26. The van der Waals surface area contributed by atoms with Crippen molar-refractivity contribution in [3.63, 3.8) is 0 Å². The standard InChI is InChI=1S/C22H22N2O3/c1-3-27-21-13-10-17-6-4-5-7-19(17)20(21)15-23-24-22(25)14-16-8-11-18(26-2)12-9-16/h4-13,15H,3,14H2,1-2H3,(H,24,25)/b23-15-. The molecule has 0 saturated carbocycles. The van der Waals surface area contributed by atoms with Crippen molar-refractivity contribution in [2.45, 2.75) is 13.3 Å². The SMILES string of the molecule is CCOc1ccc2ccccc2c1/C=N\NC(=O)Cc1ccc(OC)cc1. The van der Waals surface area contributed by atoms with Gasteiger partial charge >= 0.3 is 0 Å². The van der Waals surface area contributed by atoms with Crippen molar-refractivity contribution < 1.29 is 14.3 Å². The van der Waals surface area contributed by atoms with E-state index in [0.717, 1.165) is 33.4 Å². The highest BCUT2D eigenvalue weighted by Gasteiger charge is 2.07. The summed E-state index contributed by atoms with van der Waals surface area (Å²) in [4.78, 5) is 12.1. The van der Waals surface area contributed by atoms with Crippen LogP contribution in [0.2, 0.25) is 0 Å². The number of methoxy groups -OCH3 is 1. The Bertz CT molecular complexity index is 949. The van der Waals surface area contributed by atoms with Gasteiger partial charge in [0.2, 0.25) is 5.91 Å². The molecule has 1 amide bonds. The highest BCUT2D eigenvalue weighted by atomic mass is 16.5. The van der Waals surface area contributed by atoms with E-state index in [-0.39, 0.29) is 12.3 Å². The maximum Gasteiger partial charge on any atom is 0.244 e. The lowest BCUT2D eigenvalue weighted by molar-refractivity contribution is -0.120. The van der Waals surface area contributed by atoms with Gasteiger partial charge in [-0.3, -0.25) is 4.79 Å². The Balaban J connectivity index is 1.73. The summed E-state index contributed by atoms with van der Waals surface area (Å²) in [7, 11) is 1.61. The Morgan fingerprint density at radius 3 is 2.59 bits per heavy atom. The first-order valence-corrected chi connectivity index (χ1v) is 8.80. The Morgan fingerprint density at radius 2 is 1.85 bits per heavy atom. The van der Waals surface area contributed by atoms with Crippen molar-refractivity contribution in [3.05, 3.63) is 71.8 Å². The Hall–Kier alpha value is -3.34. The third-order valence-corrected chi connectivity index (χ3v) is 4.14. The molecule has 0 saturated heterocycles. The second kappa shape index (κ2) is 8.85. The van der Waals surface area contributed by atoms with Crippen LogP contribution in [0.4, 0.5) is 0 Å². The minimum atomic E-state index is -0.186. The molecule has 0 radical (unpaired) electrons. The fourth-order valence-corrected chi connectivity index (χ4v) is 2.83. The van der Waals surface area contributed by atoms with Crippen LogP contribution in [0.3, 0.4) is 0 Å². The van der Waals surface area contributed by atoms with Crippen molar-refractivity contribution in [2.24, 2.45) is 5.10 Å². The number of hydrogen-bond acceptors (Lipinski definition) is 4. The van der Waals surface area contributed by atoms with Gasteiger partial charge in [-0.05, 0) is 41.5 Å². The number of benzene rings is 3. The average molecular weight is 362 g/mol. The Labute approximate surface area is 158 Å². The van der Waals surface area contributed by atoms with Gasteiger partial charge in [-0.1, -0.05) is 42.5 Å². The Kier molecular flexibility index (Phi) is 6.05. The van der Waals surface area contributed by atoms with E-state index in [1.54, 1.807) is 13.3 Å². The predicted molar refractivity (Wildman–Crippen MR) is 108 cm³/mol. The zero-order chi connectivity index (χ0) is 19.1. The van der Waals surface area contributed by atoms with Crippen LogP contribution in [0, 0.1) is 0 Å². The lowest BCUT2D eigenvalue weighted by atomic mass is 10.0. The number of hydrogen-bond donors (Lipinski definition) is 1. The summed E-state index contributed by atoms with van der Waals surface area (Å²) in [5.41, 5.74) is 4.33. The van der Waals surface area contributed by atoms with Gasteiger partial charge in [0.25, 0.3) is 0 Å². The fourth-order valence-electron chi connectivity index (χ4n) is 2.83. The molecule has 5 heteroatoms. The van der Waals surface area contributed by atoms with Gasteiger partial charge in [0, 0.05) is 5.56 Å². The van der Waals surface area contributed by atoms with E-state index >= 15 is 0 Å². The maximum absolute atomic E-state index is 12.1. The van der Waals surface area contributed by atoms with E-state index in [9.17, 15) is 4.79 Å². The Morgan fingerprint density at radius 1 is 1.07 bits per heavy atom. The fraction of sp³-hybridized carbons (Fsp3) is 0.182. The molecule has 0 aliphatic heterocycles. The predicted octanol–water partition coefficient (Wildman–Crippen LogP) is 3.94. The van der Waals surface area contributed by atoms with Gasteiger partial charge in [-0.25, -0.2) is 5.43 Å². The number of carbonyl (C=O) groups excluding carboxylic acids is 1. The van der Waals surface area contributed by atoms with Crippen LogP contribution >= 0.6 is 0 Å². The van der Waals surface area contributed by atoms with Crippen LogP contribution in [0.25, 0.3) is 10.8 Å². The average Bonchev–Trinajstić information content (AvgIpc) is 2.70. The van der Waals surface area contributed by atoms with Crippen LogP contribution in [0.5, 0.6) is 11.5 Å². The maximum atomic E-state index is 12.1. The summed E-state index contributed by atoms with van der Waals surface area (Å²) in [6, 6.07) is 19.3. The molecule has 0 bridgehead atoms. The largest absolute Gasteiger partial charge is 0.497 e. The van der Waals surface area contributed by atoms with Crippen molar-refractivity contribution in [1.29, 1.82) is 0 Å². The molecule has 0 fully saturated rings. The number of fused-ring (bicyclic) bond motifs is 1. The van der Waals surface area contributed by atoms with E-state index in [4.69, 9.17) is 9.47 Å². The minimum Gasteiger partial charge on any atom is -0.497 e. The summed E-state index contributed by atoms with van der Waals surface area (Å²) < 4.78 is 10.8. The lowest BCUT2D eigenvalue weighted by Crippen LogP contribution is -2.19. The molecule has 3 aromatic rings. The summed E-state index contributed by atoms with van der Waals surface area (Å²) in [5.74, 6) is 1.32. The third-order valence-electron chi connectivity index (χ3n) is 4.14. The summed E-state index contributed by atoms with van der Waals surface area (Å²) in [6.07, 6.45) is 1.88. The zero-order valence-electron chi connectivity index (χ0n) is 15.4. The van der Waals surface area contributed by atoms with Gasteiger partial charge in [0.05, 0.1) is 26.4 Å². The van der Waals surface area contributed by atoms with Crippen LogP contribution in [0.15, 0.2) is 65.8 Å². The van der Waals surface area contributed by atoms with Gasteiger partial charge in [0.15, 0.2) is 0 Å². The van der Waals surface area contributed by atoms with Crippen molar-refractivity contribution >= 4 is 22.9 Å². The minimum absolute atomic E-state index is 0.186. The van der Waals surface area contributed by atoms with Gasteiger partial charge < -0.3 is 9.47 Å². The molecule has 3 aromatic carbocycles. The summed E-state index contributed by atoms with van der Waals surface area (Å²) in [5, 5.41) is 6.25. The number of amides is 1. The van der Waals surface area contributed by atoms with E-state index in [2.05, 4.69) is 10.5 Å². The van der Waals surface area contributed by atoms with E-state index in [1.165, 1.54) is 0 Å². The molecule has 5 nitrogen and oxygen atoms in total. The van der Waals surface area contributed by atoms with Gasteiger partial charge in [-0.15, -0.1) is 0 Å². The normalized spacial score (nSPS) is 10.9. The summed E-state index contributed by atoms with van der Waals surface area (Å²) in [6.45, 7) is 2.50.